The number of nitrogens with one attached hydrogen (secondary N) is 2. The van der Waals surface area contributed by atoms with E-state index in [0.29, 0.717) is 93.3 Å². The molecule has 2 bridgehead atoms. The number of hydrogen-bond donors (Lipinski definition) is 2. The molecule has 17 heteroatoms. The number of aryl methyl sites for hydroxylation is 2. The van der Waals surface area contributed by atoms with Gasteiger partial charge in [0.05, 0.1) is 46.9 Å². The van der Waals surface area contributed by atoms with Crippen molar-refractivity contribution in [1.29, 1.82) is 0 Å². The van der Waals surface area contributed by atoms with Crippen molar-refractivity contribution in [2.45, 2.75) is 77.9 Å². The lowest BCUT2D eigenvalue weighted by Crippen LogP contribution is -2.55. The summed E-state index contributed by atoms with van der Waals surface area (Å²) in [7, 11) is 1.83. The number of carbonyl (C=O) groups excluding carboxylic acids is 4. The minimum absolute atomic E-state index is 0.0195. The van der Waals surface area contributed by atoms with Crippen molar-refractivity contribution in [3.05, 3.63) is 82.7 Å². The summed E-state index contributed by atoms with van der Waals surface area (Å²) in [6, 6.07) is 12.1. The number of carbonyl (C=O) groups is 4. The average molecular weight is 863 g/mol. The van der Waals surface area contributed by atoms with E-state index in [4.69, 9.17) is 14.7 Å². The van der Waals surface area contributed by atoms with Crippen LogP contribution in [0.25, 0.3) is 22.3 Å². The van der Waals surface area contributed by atoms with Crippen molar-refractivity contribution in [3.63, 3.8) is 0 Å². The second-order valence-corrected chi connectivity index (χ2v) is 17.7. The van der Waals surface area contributed by atoms with E-state index in [1.54, 1.807) is 23.0 Å². The molecule has 9 rings (SSSR count). The van der Waals surface area contributed by atoms with E-state index in [1.165, 1.54) is 12.1 Å². The lowest BCUT2D eigenvalue weighted by Gasteiger charge is -2.41. The molecular formula is C46H52F2N10O5. The van der Waals surface area contributed by atoms with Crippen LogP contribution in [0.15, 0.2) is 48.7 Å². The molecule has 3 aromatic heterocycles. The van der Waals surface area contributed by atoms with Gasteiger partial charge in [0, 0.05) is 87.8 Å². The summed E-state index contributed by atoms with van der Waals surface area (Å²) in [5, 5.41) is 9.68. The van der Waals surface area contributed by atoms with Gasteiger partial charge in [-0.1, -0.05) is 13.0 Å². The molecule has 15 nitrogen and oxygen atoms in total. The third-order valence-corrected chi connectivity index (χ3v) is 12.9. The van der Waals surface area contributed by atoms with Crippen LogP contribution < -0.4 is 20.3 Å². The number of fused-ring (bicyclic) bond motifs is 7. The van der Waals surface area contributed by atoms with Gasteiger partial charge in [0.1, 0.15) is 11.6 Å². The smallest absolute Gasteiger partial charge is 0.258 e. The SMILES string of the molecule is Cc1cc2cc(n1)-c1cnn(C)c1OCCC[C@@H](C)Cn1c(nc3ccc(CN4CCN(C(=O)[C@@H]5CCN(c6cc(F)c(C7CCC(=O)NC7=O)c(F)c6)C5)[C@H](C)C4)cc31)NC2=O. The molecule has 5 aromatic rings. The summed E-state index contributed by atoms with van der Waals surface area (Å²) >= 11 is 0. The predicted molar refractivity (Wildman–Crippen MR) is 231 cm³/mol. The molecule has 0 aliphatic carbocycles. The Morgan fingerprint density at radius 1 is 0.921 bits per heavy atom. The Morgan fingerprint density at radius 3 is 2.51 bits per heavy atom. The van der Waals surface area contributed by atoms with Crippen molar-refractivity contribution in [2.24, 2.45) is 18.9 Å². The maximum Gasteiger partial charge on any atom is 0.258 e. The number of imide groups is 1. The van der Waals surface area contributed by atoms with Crippen LogP contribution in [0, 0.1) is 30.4 Å². The zero-order valence-electron chi connectivity index (χ0n) is 36.0. The molecule has 3 saturated heterocycles. The van der Waals surface area contributed by atoms with Gasteiger partial charge in [-0.3, -0.25) is 39.7 Å². The Morgan fingerprint density at radius 2 is 1.73 bits per heavy atom. The third-order valence-electron chi connectivity index (χ3n) is 12.9. The van der Waals surface area contributed by atoms with Crippen molar-refractivity contribution in [2.75, 3.05) is 49.5 Å². The highest BCUT2D eigenvalue weighted by atomic mass is 19.1. The van der Waals surface area contributed by atoms with E-state index in [1.807, 2.05) is 29.8 Å². The lowest BCUT2D eigenvalue weighted by atomic mass is 9.89. The van der Waals surface area contributed by atoms with Gasteiger partial charge in [-0.15, -0.1) is 0 Å². The summed E-state index contributed by atoms with van der Waals surface area (Å²) < 4.78 is 40.7. The second-order valence-electron chi connectivity index (χ2n) is 17.7. The molecule has 0 radical (unpaired) electrons. The number of imidazole rings is 1. The molecule has 2 aromatic carbocycles. The maximum absolute atomic E-state index is 15.3. The molecule has 7 heterocycles. The van der Waals surface area contributed by atoms with Gasteiger partial charge < -0.3 is 19.1 Å². The molecule has 0 spiro atoms. The summed E-state index contributed by atoms with van der Waals surface area (Å²) in [6.45, 7) is 10.6. The van der Waals surface area contributed by atoms with E-state index in [9.17, 15) is 19.2 Å². The summed E-state index contributed by atoms with van der Waals surface area (Å²) in [5.74, 6) is -3.11. The number of amides is 4. The number of hydrogen-bond acceptors (Lipinski definition) is 10. The van der Waals surface area contributed by atoms with Gasteiger partial charge in [-0.05, 0) is 87.4 Å². The number of benzene rings is 2. The number of aromatic nitrogens is 5. The van der Waals surface area contributed by atoms with Gasteiger partial charge in [-0.2, -0.15) is 5.10 Å². The van der Waals surface area contributed by atoms with Gasteiger partial charge in [0.2, 0.25) is 29.5 Å². The van der Waals surface area contributed by atoms with Crippen LogP contribution in [-0.2, 0) is 34.5 Å². The first-order chi connectivity index (χ1) is 30.3. The van der Waals surface area contributed by atoms with Crippen LogP contribution in [0.1, 0.15) is 79.0 Å². The first-order valence-corrected chi connectivity index (χ1v) is 21.8. The van der Waals surface area contributed by atoms with Gasteiger partial charge in [0.25, 0.3) is 5.91 Å². The molecule has 3 fully saturated rings. The molecular weight excluding hydrogens is 811 g/mol. The summed E-state index contributed by atoms with van der Waals surface area (Å²) in [5.41, 5.74) is 5.28. The number of piperidine rings is 1. The number of ether oxygens (including phenoxy) is 1. The van der Waals surface area contributed by atoms with Gasteiger partial charge >= 0.3 is 0 Å². The second kappa shape index (κ2) is 17.1. The van der Waals surface area contributed by atoms with E-state index < -0.39 is 29.4 Å². The maximum atomic E-state index is 15.3. The Balaban J connectivity index is 0.865. The van der Waals surface area contributed by atoms with Crippen molar-refractivity contribution in [3.8, 4) is 17.1 Å². The highest BCUT2D eigenvalue weighted by molar-refractivity contribution is 6.05. The average Bonchev–Trinajstić information content (AvgIpc) is 3.97. The fraction of sp³-hybridized carbons (Fsp3) is 0.457. The fourth-order valence-electron chi connectivity index (χ4n) is 9.68. The first kappa shape index (κ1) is 42.1. The molecule has 1 unspecified atom stereocenters. The minimum atomic E-state index is -1.07. The van der Waals surface area contributed by atoms with E-state index in [0.717, 1.165) is 35.0 Å². The number of anilines is 2. The zero-order valence-corrected chi connectivity index (χ0v) is 36.0. The molecule has 4 aliphatic heterocycles. The van der Waals surface area contributed by atoms with E-state index in [2.05, 4.69) is 51.2 Å². The normalized spacial score (nSPS) is 22.5. The predicted octanol–water partition coefficient (Wildman–Crippen LogP) is 5.56. The van der Waals surface area contributed by atoms with Crippen molar-refractivity contribution < 1.29 is 32.7 Å². The van der Waals surface area contributed by atoms with Crippen LogP contribution in [0.3, 0.4) is 0 Å². The number of halogens is 2. The lowest BCUT2D eigenvalue weighted by molar-refractivity contribution is -0.139. The zero-order chi connectivity index (χ0) is 44.1. The van der Waals surface area contributed by atoms with Crippen LogP contribution in [0.5, 0.6) is 5.88 Å². The van der Waals surface area contributed by atoms with Crippen LogP contribution in [0.2, 0.25) is 0 Å². The topological polar surface area (TPSA) is 160 Å². The largest absolute Gasteiger partial charge is 0.477 e. The highest BCUT2D eigenvalue weighted by Gasteiger charge is 2.37. The Kier molecular flexibility index (Phi) is 11.5. The van der Waals surface area contributed by atoms with Crippen molar-refractivity contribution >= 4 is 46.3 Å². The molecule has 0 saturated carbocycles. The summed E-state index contributed by atoms with van der Waals surface area (Å²) in [4.78, 5) is 67.5. The standard InChI is InChI=1S/C46H52F2N10O5/c1-26-6-5-15-63-45-34(21-49-54(45)4)38-18-31(16-27(2)50-38)42(60)53-46-51-37-9-7-29(17-39(37)58(46)22-26)24-55-13-14-57(28(3)23-55)44(62)30-11-12-56(25-30)32-19-35(47)41(36(48)20-32)33-8-10-40(59)52-43(33)61/h7,9,16-21,26,28,30,33H,5-6,8,10-15,22-25H2,1-4H3,(H,51,53,60)(H,52,59,61)/t26-,28-,30-,33?/m1/s1. The Hall–Kier alpha value is -6.23. The number of rotatable bonds is 5. The number of piperazine rings is 1. The quantitative estimate of drug-likeness (QED) is 0.215. The molecule has 4 aliphatic rings. The number of pyridine rings is 1. The van der Waals surface area contributed by atoms with Crippen LogP contribution >= 0.6 is 0 Å². The highest BCUT2D eigenvalue weighted by Crippen LogP contribution is 2.35. The molecule has 2 N–H and O–H groups in total. The minimum Gasteiger partial charge on any atom is -0.477 e. The van der Waals surface area contributed by atoms with E-state index >= 15 is 8.78 Å². The molecule has 4 atom stereocenters. The van der Waals surface area contributed by atoms with Gasteiger partial charge in [-0.25, -0.2) is 18.4 Å². The van der Waals surface area contributed by atoms with E-state index in [-0.39, 0.29) is 48.1 Å². The fourth-order valence-corrected chi connectivity index (χ4v) is 9.68. The first-order valence-electron chi connectivity index (χ1n) is 21.8. The monoisotopic (exact) mass is 862 g/mol. The van der Waals surface area contributed by atoms with Crippen LogP contribution in [-0.4, -0.2) is 103 Å². The number of nitrogens with zero attached hydrogens (tertiary/aromatic N) is 8. The molecule has 330 valence electrons. The van der Waals surface area contributed by atoms with Crippen molar-refractivity contribution in [1.82, 2.24) is 39.4 Å². The van der Waals surface area contributed by atoms with Crippen LogP contribution in [0.4, 0.5) is 20.4 Å². The summed E-state index contributed by atoms with van der Waals surface area (Å²) in [6.07, 6.45) is 4.06. The van der Waals surface area contributed by atoms with Gasteiger partial charge in [0.15, 0.2) is 0 Å². The molecule has 4 amide bonds. The third kappa shape index (κ3) is 8.50. The Labute approximate surface area is 363 Å². The Bertz CT molecular complexity index is 2600. The molecule has 63 heavy (non-hydrogen) atoms.